The summed E-state index contributed by atoms with van der Waals surface area (Å²) >= 11 is 1.75. The summed E-state index contributed by atoms with van der Waals surface area (Å²) < 4.78 is 3.01. The third-order valence-electron chi connectivity index (χ3n) is 4.20. The molecule has 0 amide bonds. The van der Waals surface area contributed by atoms with Crippen LogP contribution in [-0.4, -0.2) is 22.6 Å². The first-order valence-corrected chi connectivity index (χ1v) is 8.27. The maximum absolute atomic E-state index is 12.0. The molecular formula is C16H17N3OS. The molecule has 0 bridgehead atoms. The Kier molecular flexibility index (Phi) is 2.96. The molecule has 3 heterocycles. The Hall–Kier alpha value is -1.88. The largest absolute Gasteiger partial charge is 0.348 e. The second-order valence-electron chi connectivity index (χ2n) is 5.45. The number of benzene rings is 1. The summed E-state index contributed by atoms with van der Waals surface area (Å²) in [7, 11) is 0. The van der Waals surface area contributed by atoms with Gasteiger partial charge in [0.25, 0.3) is 5.56 Å². The summed E-state index contributed by atoms with van der Waals surface area (Å²) in [6.45, 7) is 4.92. The van der Waals surface area contributed by atoms with Crippen molar-refractivity contribution in [3.05, 3.63) is 34.6 Å². The van der Waals surface area contributed by atoms with Crippen molar-refractivity contribution in [2.75, 3.05) is 18.0 Å². The number of hydrogen-bond acceptors (Lipinski definition) is 4. The highest BCUT2D eigenvalue weighted by atomic mass is 32.1. The lowest BCUT2D eigenvalue weighted by Gasteiger charge is -2.11. The molecular weight excluding hydrogens is 282 g/mol. The molecule has 0 saturated carbocycles. The zero-order chi connectivity index (χ0) is 14.4. The van der Waals surface area contributed by atoms with E-state index in [1.807, 2.05) is 29.7 Å². The van der Waals surface area contributed by atoms with E-state index in [1.54, 1.807) is 17.4 Å². The second-order valence-corrected chi connectivity index (χ2v) is 6.43. The average Bonchev–Trinajstić information content (AvgIpc) is 3.15. The summed E-state index contributed by atoms with van der Waals surface area (Å²) in [5.74, 6) is 0. The summed E-state index contributed by atoms with van der Waals surface area (Å²) in [6.07, 6.45) is 2.51. The van der Waals surface area contributed by atoms with Crippen molar-refractivity contribution < 1.29 is 0 Å². The van der Waals surface area contributed by atoms with E-state index in [1.165, 1.54) is 17.5 Å². The molecule has 0 atom stereocenters. The van der Waals surface area contributed by atoms with Crippen LogP contribution in [0.1, 0.15) is 19.8 Å². The molecule has 3 aromatic rings. The van der Waals surface area contributed by atoms with Crippen LogP contribution in [0.4, 0.5) is 5.13 Å². The van der Waals surface area contributed by atoms with Gasteiger partial charge in [-0.05, 0) is 38.0 Å². The van der Waals surface area contributed by atoms with Crippen LogP contribution >= 0.6 is 11.3 Å². The number of hydrogen-bond donors (Lipinski definition) is 0. The van der Waals surface area contributed by atoms with Crippen LogP contribution in [0.2, 0.25) is 0 Å². The van der Waals surface area contributed by atoms with E-state index < -0.39 is 0 Å². The van der Waals surface area contributed by atoms with E-state index in [2.05, 4.69) is 4.90 Å². The molecule has 0 unspecified atom stereocenters. The number of fused-ring (bicyclic) bond motifs is 3. The van der Waals surface area contributed by atoms with Gasteiger partial charge in [-0.15, -0.1) is 0 Å². The van der Waals surface area contributed by atoms with Gasteiger partial charge in [-0.2, -0.15) is 0 Å². The predicted molar refractivity (Wildman–Crippen MR) is 88.5 cm³/mol. The van der Waals surface area contributed by atoms with Crippen molar-refractivity contribution in [1.82, 2.24) is 9.55 Å². The number of pyridine rings is 1. The normalized spacial score (nSPS) is 15.4. The maximum Gasteiger partial charge on any atom is 0.251 e. The van der Waals surface area contributed by atoms with Gasteiger partial charge < -0.3 is 9.47 Å². The van der Waals surface area contributed by atoms with Crippen LogP contribution in [0.25, 0.3) is 21.1 Å². The predicted octanol–water partition coefficient (Wildman–Crippen LogP) is 3.23. The lowest BCUT2D eigenvalue weighted by atomic mass is 10.2. The minimum atomic E-state index is 0.0635. The molecule has 0 aliphatic carbocycles. The van der Waals surface area contributed by atoms with Gasteiger partial charge >= 0.3 is 0 Å². The van der Waals surface area contributed by atoms with Gasteiger partial charge in [0, 0.05) is 31.1 Å². The van der Waals surface area contributed by atoms with Gasteiger partial charge in [-0.3, -0.25) is 4.79 Å². The molecule has 0 N–H and O–H groups in total. The highest BCUT2D eigenvalue weighted by molar-refractivity contribution is 7.23. The quantitative estimate of drug-likeness (QED) is 0.729. The first-order chi connectivity index (χ1) is 10.3. The molecule has 1 aromatic carbocycles. The van der Waals surface area contributed by atoms with E-state index in [0.29, 0.717) is 6.54 Å². The van der Waals surface area contributed by atoms with Crippen LogP contribution in [0, 0.1) is 0 Å². The Labute approximate surface area is 126 Å². The molecule has 2 aromatic heterocycles. The van der Waals surface area contributed by atoms with Crippen molar-refractivity contribution in [3.63, 3.8) is 0 Å². The van der Waals surface area contributed by atoms with Crippen molar-refractivity contribution >= 4 is 37.6 Å². The number of thiazole rings is 1. The van der Waals surface area contributed by atoms with E-state index in [4.69, 9.17) is 4.98 Å². The van der Waals surface area contributed by atoms with Crippen LogP contribution < -0.4 is 10.5 Å². The third-order valence-corrected chi connectivity index (χ3v) is 5.37. The third kappa shape index (κ3) is 1.95. The smallest absolute Gasteiger partial charge is 0.251 e. The molecule has 0 radical (unpaired) electrons. The Bertz CT molecular complexity index is 874. The van der Waals surface area contributed by atoms with Crippen LogP contribution in [0.15, 0.2) is 29.1 Å². The topological polar surface area (TPSA) is 38.1 Å². The fourth-order valence-corrected chi connectivity index (χ4v) is 4.26. The van der Waals surface area contributed by atoms with Gasteiger partial charge in [0.2, 0.25) is 0 Å². The Balaban J connectivity index is 1.98. The van der Waals surface area contributed by atoms with Crippen molar-refractivity contribution in [1.29, 1.82) is 0 Å². The summed E-state index contributed by atoms with van der Waals surface area (Å²) in [5.41, 5.74) is 2.11. The van der Waals surface area contributed by atoms with E-state index in [-0.39, 0.29) is 5.56 Å². The van der Waals surface area contributed by atoms with Crippen molar-refractivity contribution in [2.24, 2.45) is 0 Å². The van der Waals surface area contributed by atoms with Crippen molar-refractivity contribution in [3.8, 4) is 0 Å². The van der Waals surface area contributed by atoms with E-state index >= 15 is 0 Å². The minimum Gasteiger partial charge on any atom is -0.348 e. The lowest BCUT2D eigenvalue weighted by molar-refractivity contribution is 0.760. The number of aromatic nitrogens is 2. The summed E-state index contributed by atoms with van der Waals surface area (Å²) in [4.78, 5) is 19.1. The SMILES string of the molecule is CCn1c(=O)ccc2c3sc(N4CCCC4)nc3ccc21. The van der Waals surface area contributed by atoms with Gasteiger partial charge in [0.1, 0.15) is 0 Å². The highest BCUT2D eigenvalue weighted by Crippen LogP contribution is 2.35. The Morgan fingerprint density at radius 1 is 1.19 bits per heavy atom. The highest BCUT2D eigenvalue weighted by Gasteiger charge is 2.17. The van der Waals surface area contributed by atoms with Crippen LogP contribution in [-0.2, 0) is 6.54 Å². The number of nitrogens with zero attached hydrogens (tertiary/aromatic N) is 3. The monoisotopic (exact) mass is 299 g/mol. The first kappa shape index (κ1) is 12.8. The lowest BCUT2D eigenvalue weighted by Crippen LogP contribution is -2.17. The minimum absolute atomic E-state index is 0.0635. The van der Waals surface area contributed by atoms with Gasteiger partial charge in [0.05, 0.1) is 15.7 Å². The number of rotatable bonds is 2. The zero-order valence-electron chi connectivity index (χ0n) is 12.0. The van der Waals surface area contributed by atoms with Crippen LogP contribution in [0.5, 0.6) is 0 Å². The van der Waals surface area contributed by atoms with Gasteiger partial charge in [-0.25, -0.2) is 4.98 Å². The van der Waals surface area contributed by atoms with E-state index in [0.717, 1.165) is 34.6 Å². The standard InChI is InChI=1S/C16H17N3OS/c1-2-19-13-7-6-12-15(11(13)5-8-14(19)20)21-16(17-12)18-9-3-4-10-18/h5-8H,2-4,9-10H2,1H3. The first-order valence-electron chi connectivity index (χ1n) is 7.46. The second kappa shape index (κ2) is 4.84. The molecule has 1 fully saturated rings. The summed E-state index contributed by atoms with van der Waals surface area (Å²) in [6, 6.07) is 7.67. The molecule has 5 heteroatoms. The molecule has 108 valence electrons. The maximum atomic E-state index is 12.0. The van der Waals surface area contributed by atoms with Gasteiger partial charge in [-0.1, -0.05) is 11.3 Å². The van der Waals surface area contributed by atoms with Crippen LogP contribution in [0.3, 0.4) is 0 Å². The average molecular weight is 299 g/mol. The van der Waals surface area contributed by atoms with Gasteiger partial charge in [0.15, 0.2) is 5.13 Å². The number of aryl methyl sites for hydroxylation is 1. The molecule has 1 aliphatic heterocycles. The number of anilines is 1. The molecule has 4 rings (SSSR count). The molecule has 4 nitrogen and oxygen atoms in total. The molecule has 0 spiro atoms. The van der Waals surface area contributed by atoms with E-state index in [9.17, 15) is 4.79 Å². The molecule has 21 heavy (non-hydrogen) atoms. The Morgan fingerprint density at radius 3 is 2.76 bits per heavy atom. The fourth-order valence-electron chi connectivity index (χ4n) is 3.12. The Morgan fingerprint density at radius 2 is 2.00 bits per heavy atom. The molecule has 1 saturated heterocycles. The molecule has 1 aliphatic rings. The fraction of sp³-hybridized carbons (Fsp3) is 0.375. The zero-order valence-corrected chi connectivity index (χ0v) is 12.8. The van der Waals surface area contributed by atoms with Crippen molar-refractivity contribution in [2.45, 2.75) is 26.3 Å². The summed E-state index contributed by atoms with van der Waals surface area (Å²) in [5, 5.41) is 2.25.